The summed E-state index contributed by atoms with van der Waals surface area (Å²) in [5, 5.41) is 33.4. The number of ketones is 1. The van der Waals surface area contributed by atoms with Gasteiger partial charge in [0.05, 0.1) is 18.1 Å². The van der Waals surface area contributed by atoms with Crippen LogP contribution in [0.5, 0.6) is 0 Å². The Bertz CT molecular complexity index is 1030. The molecule has 0 fully saturated rings. The zero-order valence-electron chi connectivity index (χ0n) is 18.3. The number of nitrogens with two attached hydrogens (primary N) is 2. The van der Waals surface area contributed by atoms with Gasteiger partial charge in [-0.1, -0.05) is 54.1 Å². The molecule has 0 aliphatic heterocycles. The van der Waals surface area contributed by atoms with E-state index in [1.807, 2.05) is 26.0 Å². The Hall–Kier alpha value is -2.97. The van der Waals surface area contributed by atoms with Crippen molar-refractivity contribution in [3.8, 4) is 0 Å². The fourth-order valence-corrected chi connectivity index (χ4v) is 4.25. The van der Waals surface area contributed by atoms with E-state index in [9.17, 15) is 20.1 Å². The number of nitrogen functional groups attached to an aromatic ring is 1. The quantitative estimate of drug-likeness (QED) is 0.340. The number of anilines is 1. The van der Waals surface area contributed by atoms with E-state index in [2.05, 4.69) is 5.32 Å². The summed E-state index contributed by atoms with van der Waals surface area (Å²) >= 11 is 0. The largest absolute Gasteiger partial charge is 0.399 e. The molecule has 0 bridgehead atoms. The highest BCUT2D eigenvalue weighted by atomic mass is 16.3. The van der Waals surface area contributed by atoms with Gasteiger partial charge in [0, 0.05) is 24.0 Å². The van der Waals surface area contributed by atoms with Crippen molar-refractivity contribution < 1.29 is 20.1 Å². The normalized spacial score (nSPS) is 22.3. The highest BCUT2D eigenvalue weighted by Crippen LogP contribution is 2.42. The number of aliphatic hydroxyl groups is 3. The second-order valence-electron chi connectivity index (χ2n) is 8.32. The molecule has 170 valence electrons. The van der Waals surface area contributed by atoms with Crippen LogP contribution in [0.1, 0.15) is 28.4 Å². The van der Waals surface area contributed by atoms with Crippen LogP contribution in [-0.4, -0.2) is 46.4 Å². The van der Waals surface area contributed by atoms with Crippen molar-refractivity contribution >= 4 is 11.5 Å². The molecular formula is C25H31N3O4. The van der Waals surface area contributed by atoms with E-state index in [1.54, 1.807) is 48.6 Å². The number of benzene rings is 2. The molecule has 4 unspecified atom stereocenters. The molecule has 0 radical (unpaired) electrons. The fourth-order valence-electron chi connectivity index (χ4n) is 4.25. The molecule has 8 N–H and O–H groups in total. The van der Waals surface area contributed by atoms with Crippen LogP contribution in [0.2, 0.25) is 0 Å². The summed E-state index contributed by atoms with van der Waals surface area (Å²) in [6, 6.07) is 11.8. The molecule has 1 aliphatic carbocycles. The van der Waals surface area contributed by atoms with Crippen LogP contribution in [0.25, 0.3) is 0 Å². The third-order valence-electron chi connectivity index (χ3n) is 5.90. The average molecular weight is 438 g/mol. The standard InChI is InChI=1S/C25H31N3O4/c1-15-10-16(2)22(27)20(11-15)25(24(32)23(31)17-6-4-3-5-7-17)12-18(26)8-9-21(25)28-13-19(30)14-29/h3-12,19,21,23,28-31H,13-14,26-27H2,1-2H3. The van der Waals surface area contributed by atoms with E-state index in [0.29, 0.717) is 22.5 Å². The van der Waals surface area contributed by atoms with E-state index in [0.717, 1.165) is 11.1 Å². The van der Waals surface area contributed by atoms with Gasteiger partial charge in [-0.15, -0.1) is 0 Å². The molecule has 1 aliphatic rings. The van der Waals surface area contributed by atoms with Crippen molar-refractivity contribution in [1.29, 1.82) is 0 Å². The Labute approximate surface area is 188 Å². The van der Waals surface area contributed by atoms with Gasteiger partial charge in [0.25, 0.3) is 0 Å². The maximum Gasteiger partial charge on any atom is 0.182 e. The fraction of sp³-hybridized carbons (Fsp3) is 0.320. The van der Waals surface area contributed by atoms with Crippen LogP contribution in [0.15, 0.2) is 66.4 Å². The molecule has 2 aromatic rings. The molecule has 2 aromatic carbocycles. The number of rotatable bonds is 8. The summed E-state index contributed by atoms with van der Waals surface area (Å²) in [6.07, 6.45) is 2.57. The molecule has 4 atom stereocenters. The Morgan fingerprint density at radius 1 is 1.16 bits per heavy atom. The van der Waals surface area contributed by atoms with Crippen molar-refractivity contribution in [2.24, 2.45) is 5.73 Å². The zero-order valence-corrected chi connectivity index (χ0v) is 18.3. The highest BCUT2D eigenvalue weighted by molar-refractivity contribution is 5.99. The van der Waals surface area contributed by atoms with Crippen molar-refractivity contribution in [2.75, 3.05) is 18.9 Å². The first-order valence-corrected chi connectivity index (χ1v) is 10.5. The molecule has 0 spiro atoms. The minimum Gasteiger partial charge on any atom is -0.399 e. The van der Waals surface area contributed by atoms with Gasteiger partial charge < -0.3 is 32.1 Å². The van der Waals surface area contributed by atoms with Crippen LogP contribution < -0.4 is 16.8 Å². The average Bonchev–Trinajstić information content (AvgIpc) is 2.79. The maximum atomic E-state index is 14.1. The van der Waals surface area contributed by atoms with Gasteiger partial charge in [-0.25, -0.2) is 0 Å². The summed E-state index contributed by atoms with van der Waals surface area (Å²) in [5.41, 5.74) is 14.7. The van der Waals surface area contributed by atoms with Crippen LogP contribution in [-0.2, 0) is 10.2 Å². The van der Waals surface area contributed by atoms with Crippen LogP contribution in [0.3, 0.4) is 0 Å². The Kier molecular flexibility index (Phi) is 7.16. The third kappa shape index (κ3) is 4.47. The number of carbonyl (C=O) groups excluding carboxylic acids is 1. The van der Waals surface area contributed by atoms with Crippen molar-refractivity contribution in [1.82, 2.24) is 5.32 Å². The number of Topliss-reactive ketones (excluding diaryl/α,β-unsaturated/α-hetero) is 1. The minimum absolute atomic E-state index is 0.0282. The van der Waals surface area contributed by atoms with E-state index >= 15 is 0 Å². The van der Waals surface area contributed by atoms with E-state index in [4.69, 9.17) is 11.5 Å². The number of aliphatic hydroxyl groups excluding tert-OH is 3. The molecule has 0 aromatic heterocycles. The molecule has 0 amide bonds. The first-order valence-electron chi connectivity index (χ1n) is 10.5. The number of hydrogen-bond donors (Lipinski definition) is 6. The lowest BCUT2D eigenvalue weighted by molar-refractivity contribution is -0.132. The van der Waals surface area contributed by atoms with Gasteiger partial charge in [-0.3, -0.25) is 4.79 Å². The predicted molar refractivity (Wildman–Crippen MR) is 125 cm³/mol. The monoisotopic (exact) mass is 437 g/mol. The SMILES string of the molecule is Cc1cc(C)c(N)c(C2(C(=O)C(O)c3ccccc3)C=C(N)C=CC2NCC(O)CO)c1. The number of carbonyl (C=O) groups is 1. The molecule has 0 saturated heterocycles. The number of hydrogen-bond acceptors (Lipinski definition) is 7. The molecule has 7 nitrogen and oxygen atoms in total. The Balaban J connectivity index is 2.22. The number of aryl methyl sites for hydroxylation is 2. The summed E-state index contributed by atoms with van der Waals surface area (Å²) in [7, 11) is 0. The van der Waals surface area contributed by atoms with Gasteiger partial charge >= 0.3 is 0 Å². The van der Waals surface area contributed by atoms with Crippen molar-refractivity contribution in [2.45, 2.75) is 37.5 Å². The maximum absolute atomic E-state index is 14.1. The van der Waals surface area contributed by atoms with Crippen molar-refractivity contribution in [3.05, 3.63) is 88.6 Å². The number of allylic oxidation sites excluding steroid dienone is 1. The first-order chi connectivity index (χ1) is 15.2. The zero-order chi connectivity index (χ0) is 23.5. The van der Waals surface area contributed by atoms with Crippen LogP contribution in [0.4, 0.5) is 5.69 Å². The van der Waals surface area contributed by atoms with E-state index < -0.39 is 36.1 Å². The van der Waals surface area contributed by atoms with Gasteiger partial charge in [-0.05, 0) is 42.7 Å². The van der Waals surface area contributed by atoms with Crippen LogP contribution >= 0.6 is 0 Å². The lowest BCUT2D eigenvalue weighted by Gasteiger charge is -2.41. The highest BCUT2D eigenvalue weighted by Gasteiger charge is 2.49. The van der Waals surface area contributed by atoms with Crippen LogP contribution in [0, 0.1) is 13.8 Å². The summed E-state index contributed by atoms with van der Waals surface area (Å²) in [4.78, 5) is 14.1. The lowest BCUT2D eigenvalue weighted by Crippen LogP contribution is -2.56. The Morgan fingerprint density at radius 2 is 1.84 bits per heavy atom. The second kappa shape index (κ2) is 9.67. The predicted octanol–water partition coefficient (Wildman–Crippen LogP) is 1.15. The lowest BCUT2D eigenvalue weighted by atomic mass is 9.65. The third-order valence-corrected chi connectivity index (χ3v) is 5.90. The summed E-state index contributed by atoms with van der Waals surface area (Å²) < 4.78 is 0. The molecular weight excluding hydrogens is 406 g/mol. The second-order valence-corrected chi connectivity index (χ2v) is 8.32. The van der Waals surface area contributed by atoms with Gasteiger partial charge in [0.2, 0.25) is 0 Å². The van der Waals surface area contributed by atoms with E-state index in [-0.39, 0.29) is 6.54 Å². The molecule has 0 heterocycles. The molecule has 0 saturated carbocycles. The van der Waals surface area contributed by atoms with Crippen molar-refractivity contribution in [3.63, 3.8) is 0 Å². The van der Waals surface area contributed by atoms with Gasteiger partial charge in [-0.2, -0.15) is 0 Å². The van der Waals surface area contributed by atoms with Gasteiger partial charge in [0.1, 0.15) is 6.10 Å². The smallest absolute Gasteiger partial charge is 0.182 e. The molecule has 3 rings (SSSR count). The molecule has 7 heteroatoms. The topological polar surface area (TPSA) is 142 Å². The molecule has 32 heavy (non-hydrogen) atoms. The summed E-state index contributed by atoms with van der Waals surface area (Å²) in [5.74, 6) is -0.497. The number of nitrogens with one attached hydrogen (secondary N) is 1. The van der Waals surface area contributed by atoms with E-state index in [1.165, 1.54) is 0 Å². The van der Waals surface area contributed by atoms with Gasteiger partial charge in [0.15, 0.2) is 5.78 Å². The summed E-state index contributed by atoms with van der Waals surface area (Å²) in [6.45, 7) is 3.37. The Morgan fingerprint density at radius 3 is 2.50 bits per heavy atom. The first kappa shape index (κ1) is 23.7. The minimum atomic E-state index is -1.44.